The largest absolute Gasteiger partial charge is 0.374 e. The van der Waals surface area contributed by atoms with Gasteiger partial charge in [-0.25, -0.2) is 0 Å². The molecule has 0 aliphatic carbocycles. The SMILES string of the molecule is CC[C@H]1OC(C(C)(C)C)[C@H](C)[C@@H](C)[C@@H]1C. The highest BCUT2D eigenvalue weighted by molar-refractivity contribution is 4.90. The lowest BCUT2D eigenvalue weighted by Crippen LogP contribution is -2.49. The maximum absolute atomic E-state index is 6.29. The minimum atomic E-state index is 0.265. The fraction of sp³-hybridized carbons (Fsp3) is 1.00. The van der Waals surface area contributed by atoms with Crippen molar-refractivity contribution in [2.24, 2.45) is 23.2 Å². The predicted octanol–water partition coefficient (Wildman–Crippen LogP) is 4.12. The van der Waals surface area contributed by atoms with Crippen LogP contribution in [0.5, 0.6) is 0 Å². The summed E-state index contributed by atoms with van der Waals surface area (Å²) in [6, 6.07) is 0. The van der Waals surface area contributed by atoms with Gasteiger partial charge in [-0.05, 0) is 29.6 Å². The molecule has 90 valence electrons. The van der Waals surface area contributed by atoms with Gasteiger partial charge < -0.3 is 4.74 Å². The van der Waals surface area contributed by atoms with Gasteiger partial charge in [-0.1, -0.05) is 48.5 Å². The van der Waals surface area contributed by atoms with E-state index in [1.54, 1.807) is 0 Å². The maximum atomic E-state index is 6.29. The first-order valence-electron chi connectivity index (χ1n) is 6.44. The molecule has 1 aliphatic rings. The third kappa shape index (κ3) is 2.55. The Balaban J connectivity index is 2.83. The molecule has 15 heavy (non-hydrogen) atoms. The minimum Gasteiger partial charge on any atom is -0.374 e. The van der Waals surface area contributed by atoms with Crippen molar-refractivity contribution in [1.29, 1.82) is 0 Å². The summed E-state index contributed by atoms with van der Waals surface area (Å²) in [5.74, 6) is 2.14. The summed E-state index contributed by atoms with van der Waals surface area (Å²) in [7, 11) is 0. The summed E-state index contributed by atoms with van der Waals surface area (Å²) in [5.41, 5.74) is 0.265. The van der Waals surface area contributed by atoms with Gasteiger partial charge in [0.25, 0.3) is 0 Å². The predicted molar refractivity (Wildman–Crippen MR) is 65.9 cm³/mol. The summed E-state index contributed by atoms with van der Waals surface area (Å²) in [4.78, 5) is 0. The Hall–Kier alpha value is -0.0400. The van der Waals surface area contributed by atoms with Gasteiger partial charge in [0, 0.05) is 0 Å². The first kappa shape index (κ1) is 13.0. The highest BCUT2D eigenvalue weighted by Gasteiger charge is 2.42. The smallest absolute Gasteiger partial charge is 0.0655 e. The Kier molecular flexibility index (Phi) is 3.86. The zero-order valence-corrected chi connectivity index (χ0v) is 11.5. The number of rotatable bonds is 1. The van der Waals surface area contributed by atoms with E-state index in [1.165, 1.54) is 0 Å². The van der Waals surface area contributed by atoms with Crippen LogP contribution in [0.3, 0.4) is 0 Å². The van der Waals surface area contributed by atoms with Crippen LogP contribution < -0.4 is 0 Å². The zero-order valence-electron chi connectivity index (χ0n) is 11.5. The van der Waals surface area contributed by atoms with Crippen LogP contribution in [0, 0.1) is 23.2 Å². The Labute approximate surface area is 95.6 Å². The van der Waals surface area contributed by atoms with Crippen molar-refractivity contribution in [1.82, 2.24) is 0 Å². The topological polar surface area (TPSA) is 9.23 Å². The molecule has 1 rings (SSSR count). The molecule has 0 N–H and O–H groups in total. The summed E-state index contributed by atoms with van der Waals surface area (Å²) >= 11 is 0. The van der Waals surface area contributed by atoms with Gasteiger partial charge in [0.15, 0.2) is 0 Å². The van der Waals surface area contributed by atoms with Crippen molar-refractivity contribution in [2.75, 3.05) is 0 Å². The molecule has 1 heteroatoms. The Morgan fingerprint density at radius 3 is 1.87 bits per heavy atom. The number of ether oxygens (including phenoxy) is 1. The van der Waals surface area contributed by atoms with E-state index >= 15 is 0 Å². The van der Waals surface area contributed by atoms with E-state index in [1.807, 2.05) is 0 Å². The van der Waals surface area contributed by atoms with E-state index in [-0.39, 0.29) is 5.41 Å². The van der Waals surface area contributed by atoms with E-state index in [2.05, 4.69) is 48.5 Å². The molecular weight excluding hydrogens is 184 g/mol. The summed E-state index contributed by atoms with van der Waals surface area (Å²) < 4.78 is 6.29. The molecule has 0 aromatic rings. The molecule has 1 fully saturated rings. The average molecular weight is 212 g/mol. The molecular formula is C14H28O. The minimum absolute atomic E-state index is 0.265. The van der Waals surface area contributed by atoms with E-state index in [4.69, 9.17) is 4.74 Å². The van der Waals surface area contributed by atoms with Gasteiger partial charge in [-0.2, -0.15) is 0 Å². The molecule has 0 aromatic carbocycles. The van der Waals surface area contributed by atoms with Gasteiger partial charge in [-0.15, -0.1) is 0 Å². The third-order valence-electron chi connectivity index (χ3n) is 4.30. The first-order valence-corrected chi connectivity index (χ1v) is 6.44. The van der Waals surface area contributed by atoms with Crippen molar-refractivity contribution in [3.8, 4) is 0 Å². The van der Waals surface area contributed by atoms with Crippen LogP contribution in [0.2, 0.25) is 0 Å². The van der Waals surface area contributed by atoms with E-state index < -0.39 is 0 Å². The lowest BCUT2D eigenvalue weighted by molar-refractivity contribution is -0.171. The monoisotopic (exact) mass is 212 g/mol. The van der Waals surface area contributed by atoms with Gasteiger partial charge in [0.1, 0.15) is 0 Å². The Morgan fingerprint density at radius 1 is 0.933 bits per heavy atom. The summed E-state index contributed by atoms with van der Waals surface area (Å²) in [6.45, 7) is 16.2. The molecule has 1 saturated heterocycles. The molecule has 0 radical (unpaired) electrons. The van der Waals surface area contributed by atoms with Crippen LogP contribution in [-0.4, -0.2) is 12.2 Å². The van der Waals surface area contributed by atoms with Crippen molar-refractivity contribution in [3.63, 3.8) is 0 Å². The van der Waals surface area contributed by atoms with Crippen molar-refractivity contribution < 1.29 is 4.74 Å². The molecule has 0 amide bonds. The molecule has 1 unspecified atom stereocenters. The van der Waals surface area contributed by atoms with E-state index in [9.17, 15) is 0 Å². The normalized spacial score (nSPS) is 43.0. The molecule has 0 saturated carbocycles. The molecule has 0 bridgehead atoms. The second kappa shape index (κ2) is 4.45. The number of hydrogen-bond acceptors (Lipinski definition) is 1. The second-order valence-electron chi connectivity index (χ2n) is 6.45. The fourth-order valence-corrected chi connectivity index (χ4v) is 2.99. The van der Waals surface area contributed by atoms with Crippen LogP contribution in [0.15, 0.2) is 0 Å². The average Bonchev–Trinajstić information content (AvgIpc) is 2.13. The van der Waals surface area contributed by atoms with E-state index in [0.717, 1.165) is 12.3 Å². The van der Waals surface area contributed by atoms with Crippen molar-refractivity contribution >= 4 is 0 Å². The van der Waals surface area contributed by atoms with Crippen LogP contribution in [0.25, 0.3) is 0 Å². The van der Waals surface area contributed by atoms with Crippen LogP contribution in [0.4, 0.5) is 0 Å². The van der Waals surface area contributed by atoms with Crippen molar-refractivity contribution in [3.05, 3.63) is 0 Å². The Morgan fingerprint density at radius 2 is 1.47 bits per heavy atom. The molecule has 1 nitrogen and oxygen atoms in total. The molecule has 1 aliphatic heterocycles. The Bertz CT molecular complexity index is 202. The van der Waals surface area contributed by atoms with Crippen molar-refractivity contribution in [2.45, 2.75) is 67.1 Å². The first-order chi connectivity index (χ1) is 6.79. The standard InChI is InChI=1S/C14H28O/c1-8-12-10(3)9(2)11(4)13(15-12)14(5,6)7/h9-13H,8H2,1-7H3/t9-,10-,11+,12+,13?/m0/s1. The van der Waals surface area contributed by atoms with E-state index in [0.29, 0.717) is 24.0 Å². The van der Waals surface area contributed by atoms with Gasteiger partial charge >= 0.3 is 0 Å². The number of hydrogen-bond donors (Lipinski definition) is 0. The van der Waals surface area contributed by atoms with Crippen LogP contribution in [-0.2, 0) is 4.74 Å². The highest BCUT2D eigenvalue weighted by atomic mass is 16.5. The van der Waals surface area contributed by atoms with Crippen LogP contribution in [0.1, 0.15) is 54.9 Å². The second-order valence-corrected chi connectivity index (χ2v) is 6.45. The molecule has 1 heterocycles. The summed E-state index contributed by atoms with van der Waals surface area (Å²) in [6.07, 6.45) is 2.01. The lowest BCUT2D eigenvalue weighted by Gasteiger charge is -2.48. The molecule has 0 spiro atoms. The zero-order chi connectivity index (χ0) is 11.8. The fourth-order valence-electron chi connectivity index (χ4n) is 2.99. The van der Waals surface area contributed by atoms with Crippen LogP contribution >= 0.6 is 0 Å². The molecule has 0 aromatic heterocycles. The van der Waals surface area contributed by atoms with Gasteiger partial charge in [0.2, 0.25) is 0 Å². The maximum Gasteiger partial charge on any atom is 0.0655 e. The lowest BCUT2D eigenvalue weighted by atomic mass is 9.69. The van der Waals surface area contributed by atoms with Gasteiger partial charge in [0.05, 0.1) is 12.2 Å². The summed E-state index contributed by atoms with van der Waals surface area (Å²) in [5, 5.41) is 0. The third-order valence-corrected chi connectivity index (χ3v) is 4.30. The molecule has 5 atom stereocenters. The quantitative estimate of drug-likeness (QED) is 0.635. The highest BCUT2D eigenvalue weighted by Crippen LogP contribution is 2.42. The van der Waals surface area contributed by atoms with Gasteiger partial charge in [-0.3, -0.25) is 0 Å².